The van der Waals surface area contributed by atoms with Crippen LogP contribution < -0.4 is 4.90 Å². The van der Waals surface area contributed by atoms with E-state index in [0.717, 1.165) is 28.9 Å². The summed E-state index contributed by atoms with van der Waals surface area (Å²) in [5, 5.41) is 1.04. The molecule has 4 rings (SSSR count). The minimum absolute atomic E-state index is 0.179. The normalized spacial score (nSPS) is 16.2. The van der Waals surface area contributed by atoms with Crippen LogP contribution in [0.2, 0.25) is 5.28 Å². The molecular formula is C20H20ClN3O2S. The van der Waals surface area contributed by atoms with Crippen molar-refractivity contribution in [2.45, 2.75) is 46.3 Å². The summed E-state index contributed by atoms with van der Waals surface area (Å²) in [6, 6.07) is 8.54. The van der Waals surface area contributed by atoms with Crippen molar-refractivity contribution in [1.82, 2.24) is 9.97 Å². The maximum Gasteiger partial charge on any atom is 0.348 e. The number of fused-ring (bicyclic) bond motifs is 2. The first-order valence-electron chi connectivity index (χ1n) is 8.91. The maximum atomic E-state index is 12.5. The summed E-state index contributed by atoms with van der Waals surface area (Å²) in [7, 11) is 0. The van der Waals surface area contributed by atoms with Crippen molar-refractivity contribution >= 4 is 50.6 Å². The van der Waals surface area contributed by atoms with Gasteiger partial charge in [0.1, 0.15) is 15.5 Å². The number of benzene rings is 1. The van der Waals surface area contributed by atoms with Crippen molar-refractivity contribution in [2.24, 2.45) is 0 Å². The Hall–Kier alpha value is -2.18. The van der Waals surface area contributed by atoms with E-state index in [1.807, 2.05) is 32.9 Å². The first-order valence-corrected chi connectivity index (χ1v) is 10.1. The molecule has 0 amide bonds. The van der Waals surface area contributed by atoms with Gasteiger partial charge in [-0.3, -0.25) is 0 Å². The summed E-state index contributed by atoms with van der Waals surface area (Å²) in [4.78, 5) is 24.9. The van der Waals surface area contributed by atoms with E-state index in [1.54, 1.807) is 0 Å². The van der Waals surface area contributed by atoms with E-state index >= 15 is 0 Å². The topological polar surface area (TPSA) is 55.3 Å². The summed E-state index contributed by atoms with van der Waals surface area (Å²) in [5.41, 5.74) is 3.24. The third-order valence-electron chi connectivity index (χ3n) is 4.71. The van der Waals surface area contributed by atoms with Gasteiger partial charge in [-0.1, -0.05) is 18.2 Å². The van der Waals surface area contributed by atoms with Gasteiger partial charge in [-0.25, -0.2) is 9.78 Å². The number of aromatic nitrogens is 2. The lowest BCUT2D eigenvalue weighted by Crippen LogP contribution is -2.25. The van der Waals surface area contributed by atoms with E-state index in [-0.39, 0.29) is 23.4 Å². The number of anilines is 2. The summed E-state index contributed by atoms with van der Waals surface area (Å²) in [6.07, 6.45) is 0.756. The molecule has 1 aromatic carbocycles. The van der Waals surface area contributed by atoms with Crippen LogP contribution in [0.15, 0.2) is 24.3 Å². The summed E-state index contributed by atoms with van der Waals surface area (Å²) < 4.78 is 5.40. The summed E-state index contributed by atoms with van der Waals surface area (Å²) in [6.45, 7) is 7.76. The number of thiophene rings is 1. The number of para-hydroxylation sites is 1. The third kappa shape index (κ3) is 3.07. The van der Waals surface area contributed by atoms with Gasteiger partial charge in [0.25, 0.3) is 0 Å². The lowest BCUT2D eigenvalue weighted by atomic mass is 10.1. The van der Waals surface area contributed by atoms with Crippen molar-refractivity contribution in [3.8, 4) is 0 Å². The fourth-order valence-corrected chi connectivity index (χ4v) is 4.89. The minimum atomic E-state index is -0.331. The van der Waals surface area contributed by atoms with Gasteiger partial charge < -0.3 is 9.64 Å². The lowest BCUT2D eigenvalue weighted by Gasteiger charge is -2.25. The smallest absolute Gasteiger partial charge is 0.348 e. The molecule has 7 heteroatoms. The number of hydrogen-bond acceptors (Lipinski definition) is 6. The van der Waals surface area contributed by atoms with Crippen LogP contribution in [0.5, 0.6) is 0 Å². The fraction of sp³-hybridized carbons (Fsp3) is 0.350. The molecular weight excluding hydrogens is 382 g/mol. The Morgan fingerprint density at radius 2 is 2.07 bits per heavy atom. The van der Waals surface area contributed by atoms with Crippen LogP contribution in [0.3, 0.4) is 0 Å². The van der Waals surface area contributed by atoms with Gasteiger partial charge in [-0.05, 0) is 62.9 Å². The Morgan fingerprint density at radius 1 is 1.33 bits per heavy atom. The number of esters is 1. The van der Waals surface area contributed by atoms with Gasteiger partial charge in [-0.2, -0.15) is 4.98 Å². The second-order valence-corrected chi connectivity index (χ2v) is 8.40. The van der Waals surface area contributed by atoms with Gasteiger partial charge in [0.15, 0.2) is 0 Å². The number of halogens is 1. The van der Waals surface area contributed by atoms with Crippen LogP contribution in [0.25, 0.3) is 10.2 Å². The summed E-state index contributed by atoms with van der Waals surface area (Å²) >= 11 is 7.55. The van der Waals surface area contributed by atoms with E-state index in [2.05, 4.69) is 33.9 Å². The number of carbonyl (C=O) groups excluding carboxylic acids is 1. The molecule has 0 saturated carbocycles. The summed E-state index contributed by atoms with van der Waals surface area (Å²) in [5.74, 6) is 0.419. The second kappa shape index (κ2) is 6.77. The molecule has 0 saturated heterocycles. The van der Waals surface area contributed by atoms with E-state index < -0.39 is 0 Å². The molecule has 0 N–H and O–H groups in total. The van der Waals surface area contributed by atoms with Crippen LogP contribution in [0, 0.1) is 6.92 Å². The van der Waals surface area contributed by atoms with Gasteiger partial charge in [-0.15, -0.1) is 11.3 Å². The molecule has 140 valence electrons. The molecule has 1 unspecified atom stereocenters. The second-order valence-electron chi connectivity index (χ2n) is 7.06. The predicted octanol–water partition coefficient (Wildman–Crippen LogP) is 5.30. The highest BCUT2D eigenvalue weighted by atomic mass is 35.5. The van der Waals surface area contributed by atoms with Crippen LogP contribution in [-0.2, 0) is 11.2 Å². The van der Waals surface area contributed by atoms with E-state index in [4.69, 9.17) is 16.3 Å². The van der Waals surface area contributed by atoms with Crippen molar-refractivity contribution in [3.05, 3.63) is 45.6 Å². The molecule has 2 aromatic heterocycles. The third-order valence-corrected chi connectivity index (χ3v) is 6.04. The van der Waals surface area contributed by atoms with Crippen LogP contribution in [-0.4, -0.2) is 28.1 Å². The SMILES string of the molecule is Cc1c(C(=O)OC(C)C)sc2nc(Cl)nc(N3c4ccccc4CC3C)c12. The zero-order valence-corrected chi connectivity index (χ0v) is 17.2. The molecule has 3 aromatic rings. The number of nitrogens with zero attached hydrogens (tertiary/aromatic N) is 3. The molecule has 27 heavy (non-hydrogen) atoms. The average Bonchev–Trinajstić information content (AvgIpc) is 3.10. The van der Waals surface area contributed by atoms with Gasteiger partial charge in [0.05, 0.1) is 11.5 Å². The number of rotatable bonds is 3. The highest BCUT2D eigenvalue weighted by molar-refractivity contribution is 7.20. The van der Waals surface area contributed by atoms with E-state index in [0.29, 0.717) is 9.71 Å². The minimum Gasteiger partial charge on any atom is -0.459 e. The Kier molecular flexibility index (Phi) is 4.56. The molecule has 5 nitrogen and oxygen atoms in total. The predicted molar refractivity (Wildman–Crippen MR) is 109 cm³/mol. The van der Waals surface area contributed by atoms with Gasteiger partial charge >= 0.3 is 5.97 Å². The van der Waals surface area contributed by atoms with Crippen molar-refractivity contribution in [2.75, 3.05) is 4.90 Å². The Labute approximate surface area is 167 Å². The largest absolute Gasteiger partial charge is 0.459 e. The monoisotopic (exact) mass is 401 g/mol. The lowest BCUT2D eigenvalue weighted by molar-refractivity contribution is 0.0383. The average molecular weight is 402 g/mol. The van der Waals surface area contributed by atoms with Crippen LogP contribution in [0.1, 0.15) is 41.6 Å². The molecule has 0 fully saturated rings. The molecule has 0 bridgehead atoms. The molecule has 3 heterocycles. The first kappa shape index (κ1) is 18.2. The number of carbonyl (C=O) groups is 1. The van der Waals surface area contributed by atoms with Crippen molar-refractivity contribution in [1.29, 1.82) is 0 Å². The highest BCUT2D eigenvalue weighted by Gasteiger charge is 2.31. The quantitative estimate of drug-likeness (QED) is 0.440. The Bertz CT molecular complexity index is 1050. The van der Waals surface area contributed by atoms with Crippen LogP contribution in [0.4, 0.5) is 11.5 Å². The van der Waals surface area contributed by atoms with Gasteiger partial charge in [0.2, 0.25) is 5.28 Å². The fourth-order valence-electron chi connectivity index (χ4n) is 3.62. The van der Waals surface area contributed by atoms with E-state index in [1.165, 1.54) is 16.9 Å². The van der Waals surface area contributed by atoms with Crippen LogP contribution >= 0.6 is 22.9 Å². The molecule has 1 aliphatic rings. The number of aryl methyl sites for hydroxylation is 1. The maximum absolute atomic E-state index is 12.5. The molecule has 0 radical (unpaired) electrons. The first-order chi connectivity index (χ1) is 12.9. The number of hydrogen-bond donors (Lipinski definition) is 0. The number of ether oxygens (including phenoxy) is 1. The van der Waals surface area contributed by atoms with Gasteiger partial charge in [0, 0.05) is 11.7 Å². The Morgan fingerprint density at radius 3 is 2.81 bits per heavy atom. The zero-order valence-electron chi connectivity index (χ0n) is 15.6. The van der Waals surface area contributed by atoms with E-state index in [9.17, 15) is 4.79 Å². The highest BCUT2D eigenvalue weighted by Crippen LogP contribution is 2.43. The molecule has 1 atom stereocenters. The van der Waals surface area contributed by atoms with Crippen molar-refractivity contribution < 1.29 is 9.53 Å². The Balaban J connectivity index is 1.92. The zero-order chi connectivity index (χ0) is 19.3. The van der Waals surface area contributed by atoms with Crippen molar-refractivity contribution in [3.63, 3.8) is 0 Å². The molecule has 0 spiro atoms. The molecule has 0 aliphatic carbocycles. The standard InChI is InChI=1S/C20H20ClN3O2S/c1-10(2)26-19(25)16-12(4)15-17(22-20(21)23-18(15)27-16)24-11(3)9-13-7-5-6-8-14(13)24/h5-8,10-11H,9H2,1-4H3. The molecule has 1 aliphatic heterocycles.